The van der Waals surface area contributed by atoms with Crippen LogP contribution < -0.4 is 24.8 Å². The first kappa shape index (κ1) is 41.4. The molecule has 0 aliphatic heterocycles. The van der Waals surface area contributed by atoms with Gasteiger partial charge in [0.25, 0.3) is 0 Å². The molecule has 0 aromatic heterocycles. The van der Waals surface area contributed by atoms with Crippen LogP contribution in [-0.2, 0) is 20.4 Å². The molecule has 0 rings (SSSR count). The van der Waals surface area contributed by atoms with Crippen LogP contribution in [0.4, 0.5) is 0 Å². The van der Waals surface area contributed by atoms with Crippen molar-refractivity contribution in [3.05, 3.63) is 0 Å². The van der Waals surface area contributed by atoms with Crippen LogP contribution in [0.5, 0.6) is 0 Å². The van der Waals surface area contributed by atoms with Gasteiger partial charge in [0.05, 0.1) is 0 Å². The van der Waals surface area contributed by atoms with Crippen molar-refractivity contribution in [2.24, 2.45) is 0 Å². The van der Waals surface area contributed by atoms with E-state index in [2.05, 4.69) is 41.5 Å². The minimum Gasteiger partial charge on any atom is -1.00 e. The van der Waals surface area contributed by atoms with E-state index in [4.69, 9.17) is 0 Å². The van der Waals surface area contributed by atoms with E-state index in [9.17, 15) is 0 Å². The van der Waals surface area contributed by atoms with Gasteiger partial charge in [-0.15, -0.1) is 15.8 Å². The quantitative estimate of drug-likeness (QED) is 0.171. The Hall–Kier alpha value is 2.10. The molecule has 0 nitrogen and oxygen atoms in total. The molecule has 0 atom stereocenters. The van der Waals surface area contributed by atoms with E-state index in [0.717, 1.165) is 0 Å². The summed E-state index contributed by atoms with van der Waals surface area (Å²) in [5, 5.41) is 0. The van der Waals surface area contributed by atoms with Gasteiger partial charge in [-0.05, 0) is 75.5 Å². The topological polar surface area (TPSA) is 0 Å². The third-order valence-corrected chi connectivity index (χ3v) is 10.7. The smallest absolute Gasteiger partial charge is 0 e. The summed E-state index contributed by atoms with van der Waals surface area (Å²) in [5.74, 6) is 0. The SMILES string of the molecule is CCCCP(CCCC)CCCC.CCCCP(CCCC)CCCC.[Cl-].[Cl-].[Pd]. The van der Waals surface area contributed by atoms with E-state index in [0.29, 0.717) is 15.8 Å². The first-order valence-electron chi connectivity index (χ1n) is 12.1. The summed E-state index contributed by atoms with van der Waals surface area (Å²) >= 11 is 0. The summed E-state index contributed by atoms with van der Waals surface area (Å²) in [7, 11) is 0.843. The van der Waals surface area contributed by atoms with Crippen molar-refractivity contribution in [1.82, 2.24) is 0 Å². The zero-order chi connectivity index (χ0) is 19.9. The van der Waals surface area contributed by atoms with Crippen molar-refractivity contribution in [1.29, 1.82) is 0 Å². The first-order chi connectivity index (χ1) is 12.7. The molecule has 0 saturated heterocycles. The molecule has 0 aromatic rings. The van der Waals surface area contributed by atoms with Gasteiger partial charge in [-0.25, -0.2) is 0 Å². The minimum atomic E-state index is 0. The molecule has 29 heavy (non-hydrogen) atoms. The van der Waals surface area contributed by atoms with Gasteiger partial charge in [0, 0.05) is 20.4 Å². The Morgan fingerprint density at radius 1 is 0.345 bits per heavy atom. The van der Waals surface area contributed by atoms with Crippen molar-refractivity contribution in [2.75, 3.05) is 37.0 Å². The summed E-state index contributed by atoms with van der Waals surface area (Å²) in [4.78, 5) is 0. The Kier molecular flexibility index (Phi) is 53.4. The van der Waals surface area contributed by atoms with Crippen LogP contribution in [0.15, 0.2) is 0 Å². The normalized spacial score (nSPS) is 9.93. The van der Waals surface area contributed by atoms with Crippen LogP contribution in [0.25, 0.3) is 0 Å². The monoisotopic (exact) mass is 580 g/mol. The second-order valence-corrected chi connectivity index (χ2v) is 13.2. The van der Waals surface area contributed by atoms with Gasteiger partial charge >= 0.3 is 0 Å². The zero-order valence-corrected chi connectivity index (χ0v) is 25.5. The first-order valence-corrected chi connectivity index (χ1v) is 15.9. The van der Waals surface area contributed by atoms with Gasteiger partial charge in [0.15, 0.2) is 0 Å². The van der Waals surface area contributed by atoms with Crippen molar-refractivity contribution in [3.8, 4) is 0 Å². The maximum Gasteiger partial charge on any atom is 0 e. The molecular formula is C24H54Cl2P2Pd-2. The number of halogens is 2. The van der Waals surface area contributed by atoms with E-state index in [-0.39, 0.29) is 45.2 Å². The molecule has 0 unspecified atom stereocenters. The van der Waals surface area contributed by atoms with E-state index in [1.54, 1.807) is 37.0 Å². The van der Waals surface area contributed by atoms with Crippen molar-refractivity contribution < 1.29 is 45.2 Å². The second-order valence-electron chi connectivity index (χ2n) is 7.80. The molecule has 0 heterocycles. The Morgan fingerprint density at radius 2 is 0.483 bits per heavy atom. The van der Waals surface area contributed by atoms with Crippen LogP contribution in [0.2, 0.25) is 0 Å². The van der Waals surface area contributed by atoms with Gasteiger partial charge in [-0.1, -0.05) is 80.1 Å². The van der Waals surface area contributed by atoms with Gasteiger partial charge in [-0.3, -0.25) is 0 Å². The average molecular weight is 582 g/mol. The fourth-order valence-corrected chi connectivity index (χ4v) is 8.88. The molecule has 0 radical (unpaired) electrons. The summed E-state index contributed by atoms with van der Waals surface area (Å²) in [6, 6.07) is 0. The van der Waals surface area contributed by atoms with E-state index in [1.165, 1.54) is 77.0 Å². The summed E-state index contributed by atoms with van der Waals surface area (Å²) in [5.41, 5.74) is 0. The molecule has 0 aromatic carbocycles. The predicted octanol–water partition coefficient (Wildman–Crippen LogP) is 3.74. The fraction of sp³-hybridized carbons (Fsp3) is 1.00. The van der Waals surface area contributed by atoms with Crippen molar-refractivity contribution >= 4 is 15.8 Å². The third-order valence-electron chi connectivity index (χ3n) is 4.97. The molecule has 0 fully saturated rings. The summed E-state index contributed by atoms with van der Waals surface area (Å²) in [6.07, 6.45) is 26.4. The fourth-order valence-electron chi connectivity index (χ4n) is 2.96. The van der Waals surface area contributed by atoms with Crippen LogP contribution >= 0.6 is 15.8 Å². The Labute approximate surface area is 215 Å². The molecule has 186 valence electrons. The van der Waals surface area contributed by atoms with Gasteiger partial charge in [0.1, 0.15) is 0 Å². The third kappa shape index (κ3) is 34.9. The van der Waals surface area contributed by atoms with Crippen LogP contribution in [-0.4, -0.2) is 37.0 Å². The number of rotatable bonds is 18. The van der Waals surface area contributed by atoms with Crippen molar-refractivity contribution in [2.45, 2.75) is 119 Å². The molecule has 0 spiro atoms. The van der Waals surface area contributed by atoms with Crippen LogP contribution in [0.3, 0.4) is 0 Å². The average Bonchev–Trinajstić information content (AvgIpc) is 2.67. The van der Waals surface area contributed by atoms with Crippen LogP contribution in [0.1, 0.15) is 119 Å². The molecule has 0 bridgehead atoms. The number of hydrogen-bond acceptors (Lipinski definition) is 0. The van der Waals surface area contributed by atoms with Gasteiger partial charge in [-0.2, -0.15) is 0 Å². The molecule has 0 saturated carbocycles. The van der Waals surface area contributed by atoms with Gasteiger partial charge < -0.3 is 24.8 Å². The van der Waals surface area contributed by atoms with E-state index < -0.39 is 0 Å². The number of hydrogen-bond donors (Lipinski definition) is 0. The maximum absolute atomic E-state index is 2.31. The second kappa shape index (κ2) is 37.4. The molecule has 0 aliphatic carbocycles. The van der Waals surface area contributed by atoms with E-state index in [1.807, 2.05) is 0 Å². The van der Waals surface area contributed by atoms with Gasteiger partial charge in [0.2, 0.25) is 0 Å². The Bertz CT molecular complexity index is 185. The van der Waals surface area contributed by atoms with Crippen molar-refractivity contribution in [3.63, 3.8) is 0 Å². The molecule has 0 amide bonds. The predicted molar refractivity (Wildman–Crippen MR) is 132 cm³/mol. The molecule has 0 N–H and O–H groups in total. The molecule has 0 aliphatic rings. The summed E-state index contributed by atoms with van der Waals surface area (Å²) in [6.45, 7) is 13.9. The Morgan fingerprint density at radius 3 is 0.586 bits per heavy atom. The minimum absolute atomic E-state index is 0. The zero-order valence-electron chi connectivity index (χ0n) is 20.7. The summed E-state index contributed by atoms with van der Waals surface area (Å²) < 4.78 is 0. The number of unbranched alkanes of at least 4 members (excludes halogenated alkanes) is 6. The standard InChI is InChI=1S/2C12H27P.2ClH.Pd/c2*1-4-7-10-13(11-8-5-2)12-9-6-3;;;/h2*4-12H2,1-3H3;2*1H;/p-2. The van der Waals surface area contributed by atoms with E-state index >= 15 is 0 Å². The molecular weight excluding hydrogens is 528 g/mol. The maximum atomic E-state index is 2.31. The van der Waals surface area contributed by atoms with Crippen LogP contribution in [0, 0.1) is 0 Å². The largest absolute Gasteiger partial charge is 1.00 e. The Balaban J connectivity index is -0.000000120. The molecule has 5 heteroatoms.